The minimum Gasteiger partial charge on any atom is -0.493 e. The van der Waals surface area contributed by atoms with E-state index in [1.165, 1.54) is 32.4 Å². The van der Waals surface area contributed by atoms with Crippen LogP contribution in [0, 0.1) is 11.6 Å². The Kier molecular flexibility index (Phi) is 4.75. The molecule has 0 amide bonds. The van der Waals surface area contributed by atoms with Crippen LogP contribution in [-0.4, -0.2) is 21.3 Å². The molecule has 0 aliphatic rings. The third kappa shape index (κ3) is 2.97. The SMILES string of the molecule is CNC(c1ccc(OC)c(OC)c1)c1c(F)cccc1F. The molecule has 112 valence electrons. The van der Waals surface area contributed by atoms with Gasteiger partial charge in [-0.3, -0.25) is 0 Å². The zero-order valence-corrected chi connectivity index (χ0v) is 12.1. The van der Waals surface area contributed by atoms with Crippen LogP contribution in [0.5, 0.6) is 11.5 Å². The van der Waals surface area contributed by atoms with Crippen molar-refractivity contribution in [2.45, 2.75) is 6.04 Å². The number of nitrogens with one attached hydrogen (secondary N) is 1. The van der Waals surface area contributed by atoms with Crippen molar-refractivity contribution < 1.29 is 18.3 Å². The average Bonchev–Trinajstić information content (AvgIpc) is 2.50. The minimum absolute atomic E-state index is 0.0211. The molecular weight excluding hydrogens is 276 g/mol. The highest BCUT2D eigenvalue weighted by atomic mass is 19.1. The Morgan fingerprint density at radius 2 is 1.57 bits per heavy atom. The molecule has 5 heteroatoms. The summed E-state index contributed by atoms with van der Waals surface area (Å²) in [6.07, 6.45) is 0. The molecule has 1 unspecified atom stereocenters. The summed E-state index contributed by atoms with van der Waals surface area (Å²) in [5.41, 5.74) is 0.659. The van der Waals surface area contributed by atoms with Gasteiger partial charge in [-0.25, -0.2) is 8.78 Å². The normalized spacial score (nSPS) is 12.0. The van der Waals surface area contributed by atoms with E-state index in [2.05, 4.69) is 5.32 Å². The van der Waals surface area contributed by atoms with Crippen molar-refractivity contribution in [2.24, 2.45) is 0 Å². The predicted octanol–water partition coefficient (Wildman–Crippen LogP) is 3.29. The fraction of sp³-hybridized carbons (Fsp3) is 0.250. The zero-order valence-electron chi connectivity index (χ0n) is 12.1. The molecule has 1 atom stereocenters. The maximum Gasteiger partial charge on any atom is 0.161 e. The van der Waals surface area contributed by atoms with Crippen molar-refractivity contribution in [2.75, 3.05) is 21.3 Å². The Balaban J connectivity index is 2.51. The zero-order chi connectivity index (χ0) is 15.4. The molecule has 2 aromatic rings. The maximum atomic E-state index is 14.0. The molecule has 21 heavy (non-hydrogen) atoms. The standard InChI is InChI=1S/C16H17F2NO2/c1-19-16(15-11(17)5-4-6-12(15)18)10-7-8-13(20-2)14(9-10)21-3/h4-9,16,19H,1-3H3. The summed E-state index contributed by atoms with van der Waals surface area (Å²) in [5.74, 6) is -0.120. The van der Waals surface area contributed by atoms with Crippen LogP contribution in [0.25, 0.3) is 0 Å². The maximum absolute atomic E-state index is 14.0. The fourth-order valence-corrected chi connectivity index (χ4v) is 2.30. The van der Waals surface area contributed by atoms with Gasteiger partial charge in [0.05, 0.1) is 20.3 Å². The topological polar surface area (TPSA) is 30.5 Å². The summed E-state index contributed by atoms with van der Waals surface area (Å²) in [6.45, 7) is 0. The van der Waals surface area contributed by atoms with E-state index in [1.54, 1.807) is 25.2 Å². The molecule has 0 radical (unpaired) electrons. The Hall–Kier alpha value is -2.14. The molecular formula is C16H17F2NO2. The number of benzene rings is 2. The van der Waals surface area contributed by atoms with Crippen LogP contribution < -0.4 is 14.8 Å². The lowest BCUT2D eigenvalue weighted by Crippen LogP contribution is -2.20. The van der Waals surface area contributed by atoms with E-state index >= 15 is 0 Å². The van der Waals surface area contributed by atoms with E-state index in [0.717, 1.165) is 0 Å². The quantitative estimate of drug-likeness (QED) is 0.917. The van der Waals surface area contributed by atoms with E-state index in [-0.39, 0.29) is 5.56 Å². The summed E-state index contributed by atoms with van der Waals surface area (Å²) in [6, 6.07) is 8.35. The van der Waals surface area contributed by atoms with Gasteiger partial charge in [0, 0.05) is 5.56 Å². The van der Waals surface area contributed by atoms with Gasteiger partial charge in [-0.1, -0.05) is 12.1 Å². The summed E-state index contributed by atoms with van der Waals surface area (Å²) < 4.78 is 38.3. The third-order valence-electron chi connectivity index (χ3n) is 3.32. The Bertz CT molecular complexity index is 611. The summed E-state index contributed by atoms with van der Waals surface area (Å²) in [7, 11) is 4.69. The minimum atomic E-state index is -0.619. The van der Waals surface area contributed by atoms with Crippen LogP contribution in [0.2, 0.25) is 0 Å². The first-order valence-electron chi connectivity index (χ1n) is 6.45. The van der Waals surface area contributed by atoms with Crippen molar-refractivity contribution in [3.63, 3.8) is 0 Å². The highest BCUT2D eigenvalue weighted by Crippen LogP contribution is 2.33. The van der Waals surface area contributed by atoms with Crippen molar-refractivity contribution >= 4 is 0 Å². The van der Waals surface area contributed by atoms with Gasteiger partial charge in [0.15, 0.2) is 11.5 Å². The van der Waals surface area contributed by atoms with E-state index in [9.17, 15) is 8.78 Å². The smallest absolute Gasteiger partial charge is 0.161 e. The van der Waals surface area contributed by atoms with Gasteiger partial charge in [0.25, 0.3) is 0 Å². The van der Waals surface area contributed by atoms with Crippen molar-refractivity contribution in [3.8, 4) is 11.5 Å². The molecule has 0 fully saturated rings. The van der Waals surface area contributed by atoms with Crippen LogP contribution >= 0.6 is 0 Å². The Labute approximate surface area is 122 Å². The van der Waals surface area contributed by atoms with Gasteiger partial charge in [-0.15, -0.1) is 0 Å². The molecule has 0 aliphatic heterocycles. The molecule has 0 saturated heterocycles. The first kappa shape index (κ1) is 15.3. The van der Waals surface area contributed by atoms with Crippen LogP contribution in [0.15, 0.2) is 36.4 Å². The Morgan fingerprint density at radius 3 is 2.10 bits per heavy atom. The molecule has 0 saturated carbocycles. The van der Waals surface area contributed by atoms with Gasteiger partial charge in [-0.2, -0.15) is 0 Å². The number of halogens is 2. The molecule has 1 N–H and O–H groups in total. The fourth-order valence-electron chi connectivity index (χ4n) is 2.30. The van der Waals surface area contributed by atoms with Gasteiger partial charge in [0.1, 0.15) is 11.6 Å². The molecule has 0 spiro atoms. The molecule has 0 bridgehead atoms. The van der Waals surface area contributed by atoms with Crippen molar-refractivity contribution in [1.29, 1.82) is 0 Å². The highest BCUT2D eigenvalue weighted by molar-refractivity contribution is 5.46. The van der Waals surface area contributed by atoms with E-state index in [0.29, 0.717) is 17.1 Å². The second-order valence-electron chi connectivity index (χ2n) is 4.47. The number of rotatable bonds is 5. The molecule has 0 aliphatic carbocycles. The van der Waals surface area contributed by atoms with Crippen molar-refractivity contribution in [1.82, 2.24) is 5.32 Å². The number of hydrogen-bond acceptors (Lipinski definition) is 3. The van der Waals surface area contributed by atoms with Crippen LogP contribution in [0.1, 0.15) is 17.2 Å². The van der Waals surface area contributed by atoms with Gasteiger partial charge >= 0.3 is 0 Å². The lowest BCUT2D eigenvalue weighted by molar-refractivity contribution is 0.354. The van der Waals surface area contributed by atoms with Crippen LogP contribution in [-0.2, 0) is 0 Å². The monoisotopic (exact) mass is 293 g/mol. The number of hydrogen-bond donors (Lipinski definition) is 1. The van der Waals surface area contributed by atoms with E-state index in [4.69, 9.17) is 9.47 Å². The van der Waals surface area contributed by atoms with Crippen LogP contribution in [0.4, 0.5) is 8.78 Å². The first-order valence-corrected chi connectivity index (χ1v) is 6.45. The average molecular weight is 293 g/mol. The lowest BCUT2D eigenvalue weighted by atomic mass is 9.97. The second-order valence-corrected chi connectivity index (χ2v) is 4.47. The van der Waals surface area contributed by atoms with Gasteiger partial charge < -0.3 is 14.8 Å². The van der Waals surface area contributed by atoms with E-state index in [1.807, 2.05) is 0 Å². The first-order chi connectivity index (χ1) is 10.1. The number of ether oxygens (including phenoxy) is 2. The Morgan fingerprint density at radius 1 is 0.952 bits per heavy atom. The van der Waals surface area contributed by atoms with Gasteiger partial charge in [0.2, 0.25) is 0 Å². The van der Waals surface area contributed by atoms with Crippen molar-refractivity contribution in [3.05, 3.63) is 59.2 Å². The summed E-state index contributed by atoms with van der Waals surface area (Å²) in [4.78, 5) is 0. The largest absolute Gasteiger partial charge is 0.493 e. The summed E-state index contributed by atoms with van der Waals surface area (Å²) in [5, 5.41) is 2.93. The molecule has 2 rings (SSSR count). The number of methoxy groups -OCH3 is 2. The highest BCUT2D eigenvalue weighted by Gasteiger charge is 2.21. The lowest BCUT2D eigenvalue weighted by Gasteiger charge is -2.20. The predicted molar refractivity (Wildman–Crippen MR) is 76.8 cm³/mol. The summed E-state index contributed by atoms with van der Waals surface area (Å²) >= 11 is 0. The molecule has 0 aromatic heterocycles. The van der Waals surface area contributed by atoms with Gasteiger partial charge in [-0.05, 0) is 36.9 Å². The molecule has 3 nitrogen and oxygen atoms in total. The second kappa shape index (κ2) is 6.54. The molecule has 0 heterocycles. The third-order valence-corrected chi connectivity index (χ3v) is 3.32. The van der Waals surface area contributed by atoms with E-state index < -0.39 is 17.7 Å². The van der Waals surface area contributed by atoms with Crippen LogP contribution in [0.3, 0.4) is 0 Å². The molecule has 2 aromatic carbocycles.